The van der Waals surface area contributed by atoms with Crippen molar-refractivity contribution in [1.29, 1.82) is 0 Å². The minimum absolute atomic E-state index is 0.0519. The van der Waals surface area contributed by atoms with Crippen molar-refractivity contribution in [1.82, 2.24) is 15.1 Å². The van der Waals surface area contributed by atoms with Crippen LogP contribution in [0.25, 0.3) is 0 Å². The summed E-state index contributed by atoms with van der Waals surface area (Å²) in [4.78, 5) is 0. The third-order valence-electron chi connectivity index (χ3n) is 3.00. The standard InChI is InChI=1S/C14H16F3N3/c1-3-7-18-14(11-6-8-20(2)19-11)9-4-5-10(15)13(17)12(9)16/h4-6,8,14,18H,3,7H2,1-2H3. The van der Waals surface area contributed by atoms with E-state index < -0.39 is 23.5 Å². The van der Waals surface area contributed by atoms with Crippen LogP contribution in [0.1, 0.15) is 30.6 Å². The number of hydrogen-bond acceptors (Lipinski definition) is 2. The lowest BCUT2D eigenvalue weighted by Gasteiger charge is -2.18. The summed E-state index contributed by atoms with van der Waals surface area (Å²) in [6.07, 6.45) is 2.54. The first-order valence-electron chi connectivity index (χ1n) is 6.41. The number of nitrogens with zero attached hydrogens (tertiary/aromatic N) is 2. The Bertz CT molecular complexity index is 595. The fourth-order valence-electron chi connectivity index (χ4n) is 2.01. The van der Waals surface area contributed by atoms with Gasteiger partial charge in [-0.15, -0.1) is 0 Å². The molecule has 1 unspecified atom stereocenters. The molecule has 2 aromatic rings. The van der Waals surface area contributed by atoms with Crippen LogP contribution in [-0.2, 0) is 7.05 Å². The second-order valence-corrected chi connectivity index (χ2v) is 4.57. The Morgan fingerprint density at radius 2 is 1.95 bits per heavy atom. The molecule has 1 atom stereocenters. The third-order valence-corrected chi connectivity index (χ3v) is 3.00. The number of rotatable bonds is 5. The van der Waals surface area contributed by atoms with Crippen LogP contribution in [-0.4, -0.2) is 16.3 Å². The van der Waals surface area contributed by atoms with Gasteiger partial charge in [0.15, 0.2) is 17.5 Å². The number of nitrogens with one attached hydrogen (secondary N) is 1. The molecule has 0 amide bonds. The maximum atomic E-state index is 13.9. The highest BCUT2D eigenvalue weighted by Crippen LogP contribution is 2.26. The first-order chi connectivity index (χ1) is 9.54. The molecule has 0 fully saturated rings. The smallest absolute Gasteiger partial charge is 0.194 e. The van der Waals surface area contributed by atoms with Crippen molar-refractivity contribution in [3.05, 3.63) is 53.1 Å². The van der Waals surface area contributed by atoms with Gasteiger partial charge in [-0.3, -0.25) is 4.68 Å². The number of aromatic nitrogens is 2. The maximum Gasteiger partial charge on any atom is 0.194 e. The second-order valence-electron chi connectivity index (χ2n) is 4.57. The van der Waals surface area contributed by atoms with Crippen LogP contribution in [0.4, 0.5) is 13.2 Å². The number of aryl methyl sites for hydroxylation is 1. The molecule has 1 aromatic carbocycles. The zero-order valence-corrected chi connectivity index (χ0v) is 11.3. The van der Waals surface area contributed by atoms with E-state index >= 15 is 0 Å². The molecular formula is C14H16F3N3. The lowest BCUT2D eigenvalue weighted by Crippen LogP contribution is -2.25. The van der Waals surface area contributed by atoms with E-state index in [1.165, 1.54) is 6.07 Å². The zero-order chi connectivity index (χ0) is 14.7. The Morgan fingerprint density at radius 1 is 1.20 bits per heavy atom. The van der Waals surface area contributed by atoms with E-state index in [-0.39, 0.29) is 5.56 Å². The summed E-state index contributed by atoms with van der Waals surface area (Å²) in [7, 11) is 1.74. The number of halogens is 3. The zero-order valence-electron chi connectivity index (χ0n) is 11.3. The number of hydrogen-bond donors (Lipinski definition) is 1. The Kier molecular flexibility index (Phi) is 4.44. The van der Waals surface area contributed by atoms with Crippen LogP contribution in [0.15, 0.2) is 24.4 Å². The molecular weight excluding hydrogens is 267 g/mol. The Labute approximate surface area is 115 Å². The summed E-state index contributed by atoms with van der Waals surface area (Å²) in [6.45, 7) is 2.57. The average molecular weight is 283 g/mol. The summed E-state index contributed by atoms with van der Waals surface area (Å²) in [5.74, 6) is -3.83. The van der Waals surface area contributed by atoms with Gasteiger partial charge in [-0.2, -0.15) is 5.10 Å². The van der Waals surface area contributed by atoms with E-state index in [0.29, 0.717) is 12.2 Å². The highest BCUT2D eigenvalue weighted by molar-refractivity contribution is 5.30. The predicted octanol–water partition coefficient (Wildman–Crippen LogP) is 2.93. The molecule has 1 heterocycles. The van der Waals surface area contributed by atoms with Gasteiger partial charge in [-0.1, -0.05) is 13.0 Å². The Hall–Kier alpha value is -1.82. The van der Waals surface area contributed by atoms with Crippen LogP contribution >= 0.6 is 0 Å². The molecule has 0 saturated heterocycles. The number of benzene rings is 1. The SMILES string of the molecule is CCCNC(c1ccn(C)n1)c1ccc(F)c(F)c1F. The van der Waals surface area contributed by atoms with Crippen molar-refractivity contribution >= 4 is 0 Å². The van der Waals surface area contributed by atoms with E-state index in [1.807, 2.05) is 6.92 Å². The van der Waals surface area contributed by atoms with E-state index in [1.54, 1.807) is 24.0 Å². The molecule has 1 N–H and O–H groups in total. The van der Waals surface area contributed by atoms with Gasteiger partial charge in [0.05, 0.1) is 11.7 Å². The van der Waals surface area contributed by atoms with E-state index in [4.69, 9.17) is 0 Å². The monoisotopic (exact) mass is 283 g/mol. The highest BCUT2D eigenvalue weighted by Gasteiger charge is 2.23. The van der Waals surface area contributed by atoms with Crippen LogP contribution in [0.2, 0.25) is 0 Å². The van der Waals surface area contributed by atoms with Crippen LogP contribution < -0.4 is 5.32 Å². The molecule has 0 aliphatic carbocycles. The van der Waals surface area contributed by atoms with Gasteiger partial charge in [-0.25, -0.2) is 13.2 Å². The van der Waals surface area contributed by atoms with Crippen LogP contribution in [0, 0.1) is 17.5 Å². The first kappa shape index (κ1) is 14.6. The lowest BCUT2D eigenvalue weighted by atomic mass is 10.0. The van der Waals surface area contributed by atoms with Crippen LogP contribution in [0.5, 0.6) is 0 Å². The molecule has 6 heteroatoms. The van der Waals surface area contributed by atoms with Gasteiger partial charge in [0.2, 0.25) is 0 Å². The average Bonchev–Trinajstić information content (AvgIpc) is 2.85. The molecule has 2 rings (SSSR count). The minimum Gasteiger partial charge on any atom is -0.305 e. The predicted molar refractivity (Wildman–Crippen MR) is 69.7 cm³/mol. The van der Waals surface area contributed by atoms with Gasteiger partial charge < -0.3 is 5.32 Å². The van der Waals surface area contributed by atoms with Crippen molar-refractivity contribution in [2.24, 2.45) is 7.05 Å². The minimum atomic E-state index is -1.46. The van der Waals surface area contributed by atoms with E-state index in [9.17, 15) is 13.2 Å². The Balaban J connectivity index is 2.43. The Morgan fingerprint density at radius 3 is 2.55 bits per heavy atom. The lowest BCUT2D eigenvalue weighted by molar-refractivity contribution is 0.431. The topological polar surface area (TPSA) is 29.9 Å². The van der Waals surface area contributed by atoms with Gasteiger partial charge in [0, 0.05) is 18.8 Å². The molecule has 20 heavy (non-hydrogen) atoms. The van der Waals surface area contributed by atoms with Crippen molar-refractivity contribution in [3.8, 4) is 0 Å². The molecule has 0 aliphatic heterocycles. The molecule has 0 spiro atoms. The molecule has 0 saturated carbocycles. The molecule has 1 aromatic heterocycles. The van der Waals surface area contributed by atoms with E-state index in [0.717, 1.165) is 12.5 Å². The van der Waals surface area contributed by atoms with Gasteiger partial charge in [-0.05, 0) is 25.1 Å². The molecule has 108 valence electrons. The molecule has 0 aliphatic rings. The quantitative estimate of drug-likeness (QED) is 0.855. The molecule has 0 radical (unpaired) electrons. The fourth-order valence-corrected chi connectivity index (χ4v) is 2.01. The van der Waals surface area contributed by atoms with E-state index in [2.05, 4.69) is 10.4 Å². The van der Waals surface area contributed by atoms with Crippen molar-refractivity contribution in [2.45, 2.75) is 19.4 Å². The van der Waals surface area contributed by atoms with Crippen molar-refractivity contribution in [3.63, 3.8) is 0 Å². The summed E-state index contributed by atoms with van der Waals surface area (Å²) in [5.41, 5.74) is 0.613. The van der Waals surface area contributed by atoms with Gasteiger partial charge in [0.1, 0.15) is 0 Å². The largest absolute Gasteiger partial charge is 0.305 e. The molecule has 0 bridgehead atoms. The van der Waals surface area contributed by atoms with Gasteiger partial charge >= 0.3 is 0 Å². The highest BCUT2D eigenvalue weighted by atomic mass is 19.2. The maximum absolute atomic E-state index is 13.9. The summed E-state index contributed by atoms with van der Waals surface area (Å²) in [5, 5.41) is 7.30. The fraction of sp³-hybridized carbons (Fsp3) is 0.357. The van der Waals surface area contributed by atoms with Gasteiger partial charge in [0.25, 0.3) is 0 Å². The summed E-state index contributed by atoms with van der Waals surface area (Å²) < 4.78 is 41.9. The van der Waals surface area contributed by atoms with Crippen LogP contribution in [0.3, 0.4) is 0 Å². The summed E-state index contributed by atoms with van der Waals surface area (Å²) >= 11 is 0. The second kappa shape index (κ2) is 6.09. The third kappa shape index (κ3) is 2.85. The van der Waals surface area contributed by atoms with Crippen molar-refractivity contribution in [2.75, 3.05) is 6.54 Å². The van der Waals surface area contributed by atoms with Crippen molar-refractivity contribution < 1.29 is 13.2 Å². The normalized spacial score (nSPS) is 12.7. The first-order valence-corrected chi connectivity index (χ1v) is 6.41. The molecule has 3 nitrogen and oxygen atoms in total. The summed E-state index contributed by atoms with van der Waals surface area (Å²) in [6, 6.07) is 3.28.